The lowest BCUT2D eigenvalue weighted by Crippen LogP contribution is -2.55. The third-order valence-corrected chi connectivity index (χ3v) is 6.92. The van der Waals surface area contributed by atoms with Gasteiger partial charge in [-0.05, 0) is 71.5 Å². The lowest BCUT2D eigenvalue weighted by atomic mass is 9.78. The summed E-state index contributed by atoms with van der Waals surface area (Å²) in [7, 11) is 0. The van der Waals surface area contributed by atoms with Gasteiger partial charge in [0.05, 0.1) is 23.8 Å². The largest absolute Gasteiger partial charge is 0.388 e. The van der Waals surface area contributed by atoms with E-state index in [1.165, 1.54) is 47.4 Å². The first-order chi connectivity index (χ1) is 18.2. The van der Waals surface area contributed by atoms with E-state index in [0.717, 1.165) is 18.2 Å². The molecule has 1 fully saturated rings. The van der Waals surface area contributed by atoms with Crippen molar-refractivity contribution < 1.29 is 31.9 Å². The van der Waals surface area contributed by atoms with Crippen LogP contribution < -0.4 is 4.90 Å². The SMILES string of the molecule is O=C1C(CC[C@H](O)c2ccc(F)cc2)C(c2ccc(-c3ccc(F)c(F)c3)cc2)N1c1cccc(F)c1F. The smallest absolute Gasteiger partial charge is 0.233 e. The number of benzene rings is 4. The molecule has 1 aliphatic heterocycles. The van der Waals surface area contributed by atoms with E-state index in [-0.39, 0.29) is 18.5 Å². The first-order valence-corrected chi connectivity index (χ1v) is 12.0. The Morgan fingerprint density at radius 3 is 2.13 bits per heavy atom. The van der Waals surface area contributed by atoms with E-state index in [1.807, 2.05) is 0 Å². The molecule has 1 amide bonds. The zero-order valence-corrected chi connectivity index (χ0v) is 19.9. The number of hydrogen-bond acceptors (Lipinski definition) is 2. The van der Waals surface area contributed by atoms with E-state index in [2.05, 4.69) is 0 Å². The van der Waals surface area contributed by atoms with Crippen molar-refractivity contribution in [2.75, 3.05) is 4.90 Å². The first kappa shape index (κ1) is 25.6. The number of β-lactam (4-membered cyclic amide) rings is 1. The Hall–Kier alpha value is -4.04. The second kappa shape index (κ2) is 10.4. The predicted molar refractivity (Wildman–Crippen MR) is 132 cm³/mol. The van der Waals surface area contributed by atoms with E-state index >= 15 is 0 Å². The summed E-state index contributed by atoms with van der Waals surface area (Å²) in [6.45, 7) is 0. The minimum atomic E-state index is -1.14. The Kier molecular flexibility index (Phi) is 6.99. The highest BCUT2D eigenvalue weighted by atomic mass is 19.2. The Balaban J connectivity index is 1.43. The maximum atomic E-state index is 14.7. The molecule has 4 aromatic rings. The van der Waals surface area contributed by atoms with Crippen LogP contribution in [0, 0.1) is 35.0 Å². The second-order valence-corrected chi connectivity index (χ2v) is 9.23. The molecule has 38 heavy (non-hydrogen) atoms. The van der Waals surface area contributed by atoms with Crippen molar-refractivity contribution >= 4 is 11.6 Å². The minimum absolute atomic E-state index is 0.185. The van der Waals surface area contributed by atoms with Crippen LogP contribution in [0.5, 0.6) is 0 Å². The van der Waals surface area contributed by atoms with Crippen molar-refractivity contribution in [1.82, 2.24) is 0 Å². The molecule has 1 heterocycles. The van der Waals surface area contributed by atoms with E-state index in [9.17, 15) is 31.9 Å². The van der Waals surface area contributed by atoms with Crippen molar-refractivity contribution in [2.45, 2.75) is 25.0 Å². The Bertz CT molecular complexity index is 1470. The number of anilines is 1. The average Bonchev–Trinajstić information content (AvgIpc) is 2.91. The zero-order valence-electron chi connectivity index (χ0n) is 19.9. The van der Waals surface area contributed by atoms with Crippen LogP contribution in [0.4, 0.5) is 27.6 Å². The number of nitrogens with zero attached hydrogens (tertiary/aromatic N) is 1. The number of aliphatic hydroxyl groups is 1. The summed E-state index contributed by atoms with van der Waals surface area (Å²) in [5.41, 5.74) is 1.98. The molecule has 0 saturated carbocycles. The van der Waals surface area contributed by atoms with Crippen LogP contribution in [0.25, 0.3) is 11.1 Å². The minimum Gasteiger partial charge on any atom is -0.388 e. The number of halogens is 5. The molecule has 4 aromatic carbocycles. The fourth-order valence-corrected chi connectivity index (χ4v) is 4.90. The molecule has 0 aliphatic carbocycles. The first-order valence-electron chi connectivity index (χ1n) is 12.0. The van der Waals surface area contributed by atoms with Gasteiger partial charge < -0.3 is 10.0 Å². The van der Waals surface area contributed by atoms with E-state index in [1.54, 1.807) is 24.3 Å². The van der Waals surface area contributed by atoms with Crippen LogP contribution in [-0.2, 0) is 4.79 Å². The third kappa shape index (κ3) is 4.79. The molecule has 1 N–H and O–H groups in total. The number of hydrogen-bond donors (Lipinski definition) is 1. The molecule has 0 radical (unpaired) electrons. The third-order valence-electron chi connectivity index (χ3n) is 6.92. The van der Waals surface area contributed by atoms with Crippen LogP contribution in [0.1, 0.15) is 36.1 Å². The highest BCUT2D eigenvalue weighted by Gasteiger charge is 2.49. The van der Waals surface area contributed by atoms with Gasteiger partial charge in [0.15, 0.2) is 23.3 Å². The molecular weight excluding hydrogens is 501 g/mol. The van der Waals surface area contributed by atoms with Gasteiger partial charge in [0.2, 0.25) is 5.91 Å². The highest BCUT2D eigenvalue weighted by Crippen LogP contribution is 2.47. The van der Waals surface area contributed by atoms with Crippen molar-refractivity contribution in [3.8, 4) is 11.1 Å². The quantitative estimate of drug-likeness (QED) is 0.205. The van der Waals surface area contributed by atoms with Gasteiger partial charge in [0.25, 0.3) is 0 Å². The van der Waals surface area contributed by atoms with Crippen LogP contribution in [0.2, 0.25) is 0 Å². The molecule has 194 valence electrons. The second-order valence-electron chi connectivity index (χ2n) is 9.23. The molecular formula is C30H22F5NO2. The molecule has 8 heteroatoms. The molecule has 2 unspecified atom stereocenters. The molecule has 1 aliphatic rings. The summed E-state index contributed by atoms with van der Waals surface area (Å²) in [6.07, 6.45) is -0.523. The molecule has 0 bridgehead atoms. The van der Waals surface area contributed by atoms with Crippen molar-refractivity contribution in [2.24, 2.45) is 5.92 Å². The van der Waals surface area contributed by atoms with E-state index in [4.69, 9.17) is 0 Å². The summed E-state index contributed by atoms with van der Waals surface area (Å²) in [5.74, 6) is -5.67. The van der Waals surface area contributed by atoms with Crippen LogP contribution in [0.3, 0.4) is 0 Å². The predicted octanol–water partition coefficient (Wildman–Crippen LogP) is 7.27. The normalized spacial score (nSPS) is 17.8. The molecule has 0 aromatic heterocycles. The number of amides is 1. The molecule has 0 spiro atoms. The number of carbonyl (C=O) groups is 1. The lowest BCUT2D eigenvalue weighted by molar-refractivity contribution is -0.131. The van der Waals surface area contributed by atoms with Crippen LogP contribution in [0.15, 0.2) is 84.9 Å². The Morgan fingerprint density at radius 2 is 1.45 bits per heavy atom. The Labute approximate surface area is 215 Å². The van der Waals surface area contributed by atoms with Gasteiger partial charge in [-0.25, -0.2) is 22.0 Å². The van der Waals surface area contributed by atoms with Crippen molar-refractivity contribution in [3.05, 3.63) is 125 Å². The summed E-state index contributed by atoms with van der Waals surface area (Å²) >= 11 is 0. The number of carbonyl (C=O) groups excluding carboxylic acids is 1. The molecule has 3 atom stereocenters. The van der Waals surface area contributed by atoms with Crippen LogP contribution in [-0.4, -0.2) is 11.0 Å². The topological polar surface area (TPSA) is 40.5 Å². The zero-order chi connectivity index (χ0) is 27.0. The van der Waals surface area contributed by atoms with Crippen molar-refractivity contribution in [3.63, 3.8) is 0 Å². The monoisotopic (exact) mass is 523 g/mol. The maximum Gasteiger partial charge on any atom is 0.233 e. The molecule has 1 saturated heterocycles. The highest BCUT2D eigenvalue weighted by molar-refractivity contribution is 6.03. The number of aliphatic hydroxyl groups excluding tert-OH is 1. The Morgan fingerprint density at radius 1 is 0.763 bits per heavy atom. The molecule has 5 rings (SSSR count). The standard InChI is InChI=1S/C30H22F5NO2/c31-21-11-8-18(9-12-21)27(37)15-13-22-29(36(30(22)38)26-3-1-2-24(33)28(26)35)19-6-4-17(5-7-19)20-10-14-23(32)25(34)16-20/h1-12,14,16,22,27,29,37H,13,15H2/t22?,27-,29?/m0/s1. The van der Waals surface area contributed by atoms with E-state index in [0.29, 0.717) is 22.3 Å². The van der Waals surface area contributed by atoms with E-state index < -0.39 is 53.1 Å². The van der Waals surface area contributed by atoms with Gasteiger partial charge in [-0.15, -0.1) is 0 Å². The van der Waals surface area contributed by atoms with Crippen LogP contribution >= 0.6 is 0 Å². The van der Waals surface area contributed by atoms with Gasteiger partial charge >= 0.3 is 0 Å². The summed E-state index contributed by atoms with van der Waals surface area (Å²) < 4.78 is 69.0. The fraction of sp³-hybridized carbons (Fsp3) is 0.167. The van der Waals surface area contributed by atoms with Gasteiger partial charge in [-0.3, -0.25) is 4.79 Å². The number of rotatable bonds is 7. The molecule has 3 nitrogen and oxygen atoms in total. The maximum absolute atomic E-state index is 14.7. The van der Waals surface area contributed by atoms with Crippen molar-refractivity contribution in [1.29, 1.82) is 0 Å². The summed E-state index contributed by atoms with van der Waals surface area (Å²) in [5, 5.41) is 10.6. The summed E-state index contributed by atoms with van der Waals surface area (Å²) in [4.78, 5) is 14.4. The van der Waals surface area contributed by atoms with Gasteiger partial charge in [0.1, 0.15) is 5.82 Å². The fourth-order valence-electron chi connectivity index (χ4n) is 4.90. The summed E-state index contributed by atoms with van der Waals surface area (Å²) in [6, 6.07) is 18.6. The van der Waals surface area contributed by atoms with Gasteiger partial charge in [0, 0.05) is 0 Å². The average molecular weight is 524 g/mol. The van der Waals surface area contributed by atoms with Gasteiger partial charge in [-0.1, -0.05) is 48.5 Å². The van der Waals surface area contributed by atoms with Gasteiger partial charge in [-0.2, -0.15) is 0 Å². The lowest BCUT2D eigenvalue weighted by Gasteiger charge is -2.48.